The Morgan fingerprint density at radius 3 is 3.00 bits per heavy atom. The van der Waals surface area contributed by atoms with Crippen molar-refractivity contribution in [2.24, 2.45) is 0 Å². The van der Waals surface area contributed by atoms with Gasteiger partial charge in [0.1, 0.15) is 5.82 Å². The fourth-order valence-electron chi connectivity index (χ4n) is 1.05. The van der Waals surface area contributed by atoms with Gasteiger partial charge in [0.2, 0.25) is 0 Å². The number of aromatic nitrogens is 1. The van der Waals surface area contributed by atoms with Gasteiger partial charge in [-0.2, -0.15) is 0 Å². The Bertz CT molecular complexity index is 276. The first-order valence-corrected chi connectivity index (χ1v) is 4.19. The fourth-order valence-corrected chi connectivity index (χ4v) is 1.05. The molecule has 1 aromatic heterocycles. The van der Waals surface area contributed by atoms with E-state index in [2.05, 4.69) is 10.3 Å². The van der Waals surface area contributed by atoms with Crippen LogP contribution < -0.4 is 11.1 Å². The number of hydrogen-bond acceptors (Lipinski definition) is 4. The maximum atomic E-state index is 5.57. The van der Waals surface area contributed by atoms with Crippen molar-refractivity contribution >= 4 is 11.5 Å². The van der Waals surface area contributed by atoms with Gasteiger partial charge in [0.25, 0.3) is 0 Å². The third-order valence-corrected chi connectivity index (χ3v) is 1.70. The first kappa shape index (κ1) is 9.80. The van der Waals surface area contributed by atoms with Crippen molar-refractivity contribution in [2.75, 3.05) is 31.3 Å². The monoisotopic (exact) mass is 181 g/mol. The molecule has 1 heterocycles. The number of nitrogens with one attached hydrogen (secondary N) is 1. The fraction of sp³-hybridized carbons (Fsp3) is 0.444. The maximum Gasteiger partial charge on any atom is 0.129 e. The lowest BCUT2D eigenvalue weighted by molar-refractivity contribution is 0.210. The zero-order valence-corrected chi connectivity index (χ0v) is 8.00. The Labute approximate surface area is 78.1 Å². The SMILES string of the molecule is COCCNc1ncc(N)cc1C. The molecule has 72 valence electrons. The van der Waals surface area contributed by atoms with Crippen LogP contribution in [0.2, 0.25) is 0 Å². The molecule has 0 unspecified atom stereocenters. The molecule has 0 aliphatic heterocycles. The Morgan fingerprint density at radius 2 is 2.38 bits per heavy atom. The van der Waals surface area contributed by atoms with Crippen LogP contribution in [0, 0.1) is 6.92 Å². The van der Waals surface area contributed by atoms with Crippen LogP contribution in [0.4, 0.5) is 11.5 Å². The highest BCUT2D eigenvalue weighted by Crippen LogP contribution is 2.12. The number of pyridine rings is 1. The summed E-state index contributed by atoms with van der Waals surface area (Å²) in [6.07, 6.45) is 1.64. The minimum atomic E-state index is 0.672. The van der Waals surface area contributed by atoms with Crippen molar-refractivity contribution in [3.05, 3.63) is 17.8 Å². The second-order valence-corrected chi connectivity index (χ2v) is 2.85. The van der Waals surface area contributed by atoms with Gasteiger partial charge in [-0.25, -0.2) is 4.98 Å². The Hall–Kier alpha value is -1.29. The summed E-state index contributed by atoms with van der Waals surface area (Å²) >= 11 is 0. The lowest BCUT2D eigenvalue weighted by Gasteiger charge is -2.07. The molecule has 4 heteroatoms. The first-order chi connectivity index (χ1) is 6.24. The van der Waals surface area contributed by atoms with E-state index in [9.17, 15) is 0 Å². The molecule has 4 nitrogen and oxygen atoms in total. The van der Waals surface area contributed by atoms with Crippen molar-refractivity contribution in [3.8, 4) is 0 Å². The summed E-state index contributed by atoms with van der Waals surface area (Å²) in [6, 6.07) is 1.89. The van der Waals surface area contributed by atoms with Crippen molar-refractivity contribution in [1.29, 1.82) is 0 Å². The van der Waals surface area contributed by atoms with E-state index in [1.807, 2.05) is 13.0 Å². The summed E-state index contributed by atoms with van der Waals surface area (Å²) in [5.41, 5.74) is 7.31. The number of hydrogen-bond donors (Lipinski definition) is 2. The quantitative estimate of drug-likeness (QED) is 0.681. The summed E-state index contributed by atoms with van der Waals surface area (Å²) in [5, 5.41) is 3.15. The molecule has 1 aromatic rings. The molecule has 0 saturated carbocycles. The molecule has 3 N–H and O–H groups in total. The molecular weight excluding hydrogens is 166 g/mol. The number of anilines is 2. The minimum Gasteiger partial charge on any atom is -0.397 e. The van der Waals surface area contributed by atoms with E-state index >= 15 is 0 Å². The number of methoxy groups -OCH3 is 1. The maximum absolute atomic E-state index is 5.57. The van der Waals surface area contributed by atoms with Crippen LogP contribution in [0.25, 0.3) is 0 Å². The first-order valence-electron chi connectivity index (χ1n) is 4.19. The van der Waals surface area contributed by atoms with Crippen LogP contribution in [0.5, 0.6) is 0 Å². The van der Waals surface area contributed by atoms with Gasteiger partial charge in [0.15, 0.2) is 0 Å². The normalized spacial score (nSPS) is 10.0. The van der Waals surface area contributed by atoms with Crippen molar-refractivity contribution in [1.82, 2.24) is 4.98 Å². The second kappa shape index (κ2) is 4.67. The van der Waals surface area contributed by atoms with Gasteiger partial charge in [-0.3, -0.25) is 0 Å². The van der Waals surface area contributed by atoms with Gasteiger partial charge in [0.05, 0.1) is 18.5 Å². The van der Waals surface area contributed by atoms with Crippen LogP contribution in [0.15, 0.2) is 12.3 Å². The third-order valence-electron chi connectivity index (χ3n) is 1.70. The molecule has 0 bridgehead atoms. The number of nitrogens with zero attached hydrogens (tertiary/aromatic N) is 1. The van der Waals surface area contributed by atoms with Gasteiger partial charge < -0.3 is 15.8 Å². The van der Waals surface area contributed by atoms with Crippen LogP contribution in [0.1, 0.15) is 5.56 Å². The molecule has 0 fully saturated rings. The highest BCUT2D eigenvalue weighted by Gasteiger charge is 1.98. The summed E-state index contributed by atoms with van der Waals surface area (Å²) in [4.78, 5) is 4.16. The topological polar surface area (TPSA) is 60.2 Å². The molecule has 0 aliphatic rings. The molecule has 0 amide bonds. The number of nitrogens with two attached hydrogens (primary N) is 1. The number of aryl methyl sites for hydroxylation is 1. The molecule has 0 aromatic carbocycles. The van der Waals surface area contributed by atoms with Gasteiger partial charge in [-0.05, 0) is 18.6 Å². The van der Waals surface area contributed by atoms with Crippen LogP contribution in [0.3, 0.4) is 0 Å². The molecule has 1 rings (SSSR count). The predicted molar refractivity (Wildman–Crippen MR) is 53.8 cm³/mol. The molecular formula is C9H15N3O. The highest BCUT2D eigenvalue weighted by molar-refractivity contribution is 5.50. The van der Waals surface area contributed by atoms with E-state index in [4.69, 9.17) is 10.5 Å². The smallest absolute Gasteiger partial charge is 0.129 e. The highest BCUT2D eigenvalue weighted by atomic mass is 16.5. The van der Waals surface area contributed by atoms with Crippen LogP contribution in [-0.2, 0) is 4.74 Å². The third kappa shape index (κ3) is 2.91. The van der Waals surface area contributed by atoms with E-state index in [-0.39, 0.29) is 0 Å². The van der Waals surface area contributed by atoms with Gasteiger partial charge in [-0.1, -0.05) is 0 Å². The van der Waals surface area contributed by atoms with Crippen molar-refractivity contribution in [3.63, 3.8) is 0 Å². The Balaban J connectivity index is 2.56. The Kier molecular flexibility index (Phi) is 3.52. The number of rotatable bonds is 4. The largest absolute Gasteiger partial charge is 0.397 e. The van der Waals surface area contributed by atoms with Crippen LogP contribution >= 0.6 is 0 Å². The van der Waals surface area contributed by atoms with Crippen LogP contribution in [-0.4, -0.2) is 25.2 Å². The second-order valence-electron chi connectivity index (χ2n) is 2.85. The lowest BCUT2D eigenvalue weighted by Crippen LogP contribution is -2.10. The summed E-state index contributed by atoms with van der Waals surface area (Å²) in [6.45, 7) is 3.40. The van der Waals surface area contributed by atoms with E-state index in [0.717, 1.165) is 17.9 Å². The summed E-state index contributed by atoms with van der Waals surface area (Å²) in [5.74, 6) is 0.867. The van der Waals surface area contributed by atoms with Gasteiger partial charge in [-0.15, -0.1) is 0 Å². The van der Waals surface area contributed by atoms with E-state index in [1.54, 1.807) is 13.3 Å². The van der Waals surface area contributed by atoms with E-state index in [0.29, 0.717) is 12.3 Å². The van der Waals surface area contributed by atoms with E-state index in [1.165, 1.54) is 0 Å². The molecule has 13 heavy (non-hydrogen) atoms. The molecule has 0 saturated heterocycles. The molecule has 0 aliphatic carbocycles. The summed E-state index contributed by atoms with van der Waals surface area (Å²) in [7, 11) is 1.67. The molecule has 0 spiro atoms. The van der Waals surface area contributed by atoms with E-state index < -0.39 is 0 Å². The predicted octanol–water partition coefficient (Wildman–Crippen LogP) is 1.03. The van der Waals surface area contributed by atoms with Crippen molar-refractivity contribution in [2.45, 2.75) is 6.92 Å². The number of ether oxygens (including phenoxy) is 1. The minimum absolute atomic E-state index is 0.672. The number of nitrogen functional groups attached to an aromatic ring is 1. The Morgan fingerprint density at radius 1 is 1.62 bits per heavy atom. The van der Waals surface area contributed by atoms with Gasteiger partial charge in [0, 0.05) is 13.7 Å². The van der Waals surface area contributed by atoms with Crippen molar-refractivity contribution < 1.29 is 4.74 Å². The summed E-state index contributed by atoms with van der Waals surface area (Å²) < 4.78 is 4.91. The average molecular weight is 181 g/mol. The standard InChI is InChI=1S/C9H15N3O/c1-7-5-8(10)6-12-9(7)11-3-4-13-2/h5-6H,3-4,10H2,1-2H3,(H,11,12). The zero-order chi connectivity index (χ0) is 9.68. The molecule has 0 radical (unpaired) electrons. The lowest BCUT2D eigenvalue weighted by atomic mass is 10.2. The average Bonchev–Trinajstić information content (AvgIpc) is 2.09. The zero-order valence-electron chi connectivity index (χ0n) is 8.00. The van der Waals surface area contributed by atoms with Gasteiger partial charge >= 0.3 is 0 Å². The molecule has 0 atom stereocenters.